The molecular weight excluding hydrogens is 392 g/mol. The number of nitrogens with zero attached hydrogens (tertiary/aromatic N) is 3. The zero-order valence-corrected chi connectivity index (χ0v) is 17.8. The predicted octanol–water partition coefficient (Wildman–Crippen LogP) is 3.83. The largest absolute Gasteiger partial charge is 0.368 e. The summed E-state index contributed by atoms with van der Waals surface area (Å²) in [4.78, 5) is 21.1. The third-order valence-corrected chi connectivity index (χ3v) is 7.20. The van der Waals surface area contributed by atoms with Crippen LogP contribution in [0.4, 0.5) is 5.69 Å². The Hall–Kier alpha value is -1.63. The van der Waals surface area contributed by atoms with E-state index in [1.165, 1.54) is 23.4 Å². The molecule has 2 aliphatic rings. The van der Waals surface area contributed by atoms with E-state index in [0.717, 1.165) is 62.1 Å². The van der Waals surface area contributed by atoms with Crippen molar-refractivity contribution in [2.24, 2.45) is 5.92 Å². The molecule has 2 aromatic rings. The van der Waals surface area contributed by atoms with Gasteiger partial charge in [0.1, 0.15) is 0 Å². The minimum atomic E-state index is -0.0237. The molecule has 2 heterocycles. The molecule has 28 heavy (non-hydrogen) atoms. The Bertz CT molecular complexity index is 799. The summed E-state index contributed by atoms with van der Waals surface area (Å²) in [6, 6.07) is 6.59. The predicted molar refractivity (Wildman–Crippen MR) is 116 cm³/mol. The van der Waals surface area contributed by atoms with Gasteiger partial charge in [-0.3, -0.25) is 9.69 Å². The summed E-state index contributed by atoms with van der Waals surface area (Å²) in [6.07, 6.45) is 5.08. The number of thiazole rings is 1. The van der Waals surface area contributed by atoms with E-state index in [4.69, 9.17) is 11.6 Å². The fourth-order valence-electron chi connectivity index (χ4n) is 4.13. The number of carbonyl (C=O) groups is 1. The molecule has 0 bridgehead atoms. The second kappa shape index (κ2) is 8.80. The highest BCUT2D eigenvalue weighted by atomic mass is 35.5. The Morgan fingerprint density at radius 1 is 1.29 bits per heavy atom. The molecule has 0 radical (unpaired) electrons. The lowest BCUT2D eigenvalue weighted by atomic mass is 9.78. The van der Waals surface area contributed by atoms with Crippen LogP contribution in [-0.2, 0) is 0 Å². The van der Waals surface area contributed by atoms with Gasteiger partial charge in [0.15, 0.2) is 5.01 Å². The average molecular weight is 419 g/mol. The molecule has 150 valence electrons. The molecule has 2 fully saturated rings. The minimum Gasteiger partial charge on any atom is -0.368 e. The fourth-order valence-corrected chi connectivity index (χ4v) is 4.91. The summed E-state index contributed by atoms with van der Waals surface area (Å²) in [5.74, 6) is 0.704. The van der Waals surface area contributed by atoms with Gasteiger partial charge in [0.2, 0.25) is 0 Å². The maximum atomic E-state index is 12.0. The van der Waals surface area contributed by atoms with Crippen LogP contribution in [0.15, 0.2) is 29.8 Å². The number of hydrogen-bond donors (Lipinski definition) is 1. The molecular formula is C21H27ClN4OS. The number of amides is 1. The number of benzene rings is 1. The number of carbonyl (C=O) groups excluding carboxylic acids is 1. The standard InChI is InChI=1S/C21H27ClN4OS/c1-15-3-2-4-18(19(15)22)26-10-8-25(9-11-26)7-5-16-13-17(14-16)24-20(27)21-23-6-12-28-21/h2-4,6,12,16-17H,5,7-11,13-14H2,1H3,(H,24,27). The van der Waals surface area contributed by atoms with Crippen molar-refractivity contribution in [2.45, 2.75) is 32.2 Å². The van der Waals surface area contributed by atoms with E-state index in [2.05, 4.69) is 45.2 Å². The van der Waals surface area contributed by atoms with E-state index in [1.807, 2.05) is 5.38 Å². The Morgan fingerprint density at radius 3 is 2.79 bits per heavy atom. The van der Waals surface area contributed by atoms with Crippen LogP contribution < -0.4 is 10.2 Å². The highest BCUT2D eigenvalue weighted by molar-refractivity contribution is 7.11. The molecule has 0 unspecified atom stereocenters. The summed E-state index contributed by atoms with van der Waals surface area (Å²) >= 11 is 7.88. The zero-order valence-electron chi connectivity index (χ0n) is 16.2. The van der Waals surface area contributed by atoms with Gasteiger partial charge in [0, 0.05) is 43.8 Å². The molecule has 1 aromatic heterocycles. The van der Waals surface area contributed by atoms with Gasteiger partial charge in [0.05, 0.1) is 10.7 Å². The first-order chi connectivity index (χ1) is 13.6. The summed E-state index contributed by atoms with van der Waals surface area (Å²) < 4.78 is 0. The van der Waals surface area contributed by atoms with Gasteiger partial charge >= 0.3 is 0 Å². The van der Waals surface area contributed by atoms with Crippen LogP contribution in [0.2, 0.25) is 5.02 Å². The first-order valence-corrected chi connectivity index (χ1v) is 11.3. The van der Waals surface area contributed by atoms with E-state index in [9.17, 15) is 4.79 Å². The Morgan fingerprint density at radius 2 is 2.07 bits per heavy atom. The number of rotatable bonds is 6. The number of hydrogen-bond acceptors (Lipinski definition) is 5. The lowest BCUT2D eigenvalue weighted by Gasteiger charge is -2.39. The van der Waals surface area contributed by atoms with Crippen molar-refractivity contribution < 1.29 is 4.79 Å². The average Bonchev–Trinajstić information content (AvgIpc) is 3.21. The maximum absolute atomic E-state index is 12.0. The lowest BCUT2D eigenvalue weighted by molar-refractivity contribution is 0.0877. The number of piperazine rings is 1. The van der Waals surface area contributed by atoms with Crippen LogP contribution >= 0.6 is 22.9 Å². The molecule has 1 N–H and O–H groups in total. The monoisotopic (exact) mass is 418 g/mol. The van der Waals surface area contributed by atoms with Gasteiger partial charge in [0.25, 0.3) is 5.91 Å². The molecule has 1 aliphatic carbocycles. The van der Waals surface area contributed by atoms with Gasteiger partial charge < -0.3 is 10.2 Å². The van der Waals surface area contributed by atoms with Gasteiger partial charge in [-0.2, -0.15) is 0 Å². The molecule has 0 atom stereocenters. The van der Waals surface area contributed by atoms with Crippen molar-refractivity contribution in [1.29, 1.82) is 0 Å². The molecule has 7 heteroatoms. The fraction of sp³-hybridized carbons (Fsp3) is 0.524. The molecule has 1 saturated carbocycles. The summed E-state index contributed by atoms with van der Waals surface area (Å²) in [5, 5.41) is 6.39. The Labute approximate surface area is 175 Å². The Kier molecular flexibility index (Phi) is 6.19. The number of halogens is 1. The summed E-state index contributed by atoms with van der Waals surface area (Å²) in [7, 11) is 0. The zero-order chi connectivity index (χ0) is 19.5. The number of aromatic nitrogens is 1. The van der Waals surface area contributed by atoms with Gasteiger partial charge in [-0.15, -0.1) is 11.3 Å². The lowest BCUT2D eigenvalue weighted by Crippen LogP contribution is -2.48. The molecule has 0 spiro atoms. The van der Waals surface area contributed by atoms with Crippen LogP contribution in [-0.4, -0.2) is 54.6 Å². The third kappa shape index (κ3) is 4.50. The van der Waals surface area contributed by atoms with Crippen LogP contribution in [0.1, 0.15) is 34.6 Å². The van der Waals surface area contributed by atoms with Crippen LogP contribution in [0.25, 0.3) is 0 Å². The van der Waals surface area contributed by atoms with Crippen molar-refractivity contribution >= 4 is 34.5 Å². The van der Waals surface area contributed by atoms with Gasteiger partial charge in [-0.1, -0.05) is 23.7 Å². The first-order valence-electron chi connectivity index (χ1n) is 10.0. The van der Waals surface area contributed by atoms with Crippen molar-refractivity contribution in [1.82, 2.24) is 15.2 Å². The first kappa shape index (κ1) is 19.7. The number of anilines is 1. The SMILES string of the molecule is Cc1cccc(N2CCN(CCC3CC(NC(=O)c4nccs4)C3)CC2)c1Cl. The van der Waals surface area contributed by atoms with Gasteiger partial charge in [-0.05, 0) is 50.3 Å². The van der Waals surface area contributed by atoms with E-state index in [1.54, 1.807) is 6.20 Å². The highest BCUT2D eigenvalue weighted by Crippen LogP contribution is 2.32. The maximum Gasteiger partial charge on any atom is 0.280 e. The van der Waals surface area contributed by atoms with Crippen molar-refractivity contribution in [3.63, 3.8) is 0 Å². The summed E-state index contributed by atoms with van der Waals surface area (Å²) in [6.45, 7) is 7.43. The molecule has 1 aromatic carbocycles. The third-order valence-electron chi connectivity index (χ3n) is 5.94. The van der Waals surface area contributed by atoms with Crippen LogP contribution in [0, 0.1) is 12.8 Å². The highest BCUT2D eigenvalue weighted by Gasteiger charge is 2.31. The number of aryl methyl sites for hydroxylation is 1. The van der Waals surface area contributed by atoms with E-state index >= 15 is 0 Å². The molecule has 1 aliphatic heterocycles. The van der Waals surface area contributed by atoms with E-state index < -0.39 is 0 Å². The Balaban J connectivity index is 1.15. The smallest absolute Gasteiger partial charge is 0.280 e. The van der Waals surface area contributed by atoms with Crippen LogP contribution in [0.5, 0.6) is 0 Å². The molecule has 1 saturated heterocycles. The normalized spacial score (nSPS) is 22.7. The molecule has 4 rings (SSSR count). The van der Waals surface area contributed by atoms with Gasteiger partial charge in [-0.25, -0.2) is 4.98 Å². The number of nitrogens with one attached hydrogen (secondary N) is 1. The van der Waals surface area contributed by atoms with Crippen molar-refractivity contribution in [2.75, 3.05) is 37.6 Å². The molecule has 1 amide bonds. The van der Waals surface area contributed by atoms with Crippen molar-refractivity contribution in [3.05, 3.63) is 45.4 Å². The second-order valence-electron chi connectivity index (χ2n) is 7.87. The summed E-state index contributed by atoms with van der Waals surface area (Å²) in [5.41, 5.74) is 2.31. The van der Waals surface area contributed by atoms with E-state index in [0.29, 0.717) is 11.0 Å². The molecule has 5 nitrogen and oxygen atoms in total. The quantitative estimate of drug-likeness (QED) is 0.774. The second-order valence-corrected chi connectivity index (χ2v) is 9.14. The van der Waals surface area contributed by atoms with E-state index in [-0.39, 0.29) is 5.91 Å². The topological polar surface area (TPSA) is 48.5 Å². The van der Waals surface area contributed by atoms with Crippen LogP contribution in [0.3, 0.4) is 0 Å². The van der Waals surface area contributed by atoms with Crippen molar-refractivity contribution in [3.8, 4) is 0 Å². The minimum absolute atomic E-state index is 0.0237.